The molecule has 4 aromatic rings. The van der Waals surface area contributed by atoms with E-state index >= 15 is 0 Å². The van der Waals surface area contributed by atoms with Gasteiger partial charge in [0.05, 0.1) is 10.9 Å². The number of anilines is 1. The zero-order valence-electron chi connectivity index (χ0n) is 28.2. The first kappa shape index (κ1) is 35.1. The van der Waals surface area contributed by atoms with Crippen LogP contribution in [0.1, 0.15) is 74.5 Å². The van der Waals surface area contributed by atoms with Gasteiger partial charge in [0.15, 0.2) is 0 Å². The van der Waals surface area contributed by atoms with E-state index in [0.717, 1.165) is 35.1 Å². The van der Waals surface area contributed by atoms with Crippen LogP contribution in [0.3, 0.4) is 0 Å². The maximum atomic E-state index is 13.7. The summed E-state index contributed by atoms with van der Waals surface area (Å²) in [5.74, 6) is -1.91. The van der Waals surface area contributed by atoms with E-state index in [9.17, 15) is 29.1 Å². The number of rotatable bonds is 11. The molecule has 5 rings (SSSR count). The first-order valence-electron chi connectivity index (χ1n) is 16.6. The van der Waals surface area contributed by atoms with Gasteiger partial charge in [-0.2, -0.15) is 0 Å². The van der Waals surface area contributed by atoms with Gasteiger partial charge in [-0.1, -0.05) is 24.3 Å². The second-order valence-corrected chi connectivity index (χ2v) is 13.9. The largest absolute Gasteiger partial charge is 0.477 e. The van der Waals surface area contributed by atoms with Crippen LogP contribution in [0.4, 0.5) is 10.5 Å². The van der Waals surface area contributed by atoms with Crippen LogP contribution in [0.5, 0.6) is 0 Å². The quantitative estimate of drug-likeness (QED) is 0.129. The maximum absolute atomic E-state index is 13.7. The predicted molar refractivity (Wildman–Crippen MR) is 185 cm³/mol. The third-order valence-electron chi connectivity index (χ3n) is 8.97. The minimum atomic E-state index is -1.09. The van der Waals surface area contributed by atoms with E-state index in [1.807, 2.05) is 52.0 Å². The lowest BCUT2D eigenvalue weighted by Crippen LogP contribution is -2.37. The van der Waals surface area contributed by atoms with Crippen molar-refractivity contribution in [1.82, 2.24) is 20.5 Å². The number of carboxylic acids is 1. The van der Waals surface area contributed by atoms with E-state index in [-0.39, 0.29) is 41.2 Å². The minimum absolute atomic E-state index is 0.0237. The summed E-state index contributed by atoms with van der Waals surface area (Å²) in [5, 5.41) is 20.8. The minimum Gasteiger partial charge on any atom is -0.477 e. The summed E-state index contributed by atoms with van der Waals surface area (Å²) >= 11 is 0. The number of alkyl carbamates (subject to hydrolysis) is 1. The third-order valence-corrected chi connectivity index (χ3v) is 8.97. The Kier molecular flexibility index (Phi) is 10.6. The molecule has 1 aliphatic carbocycles. The number of ether oxygens (including phenoxy) is 1. The standard InChI is InChI=1S/C37H43N5O7/c1-21-15-31(35(46)47)38-20-29(21)24-9-5-22(6-10-24)16-26(33(44)40-27-13-14-28-30(18-27)41-42-34(28)45)17-32(43)25-11-7-23(8-12-25)19-39-36(48)49-37(2,3)4/h5-6,9-10,13-15,18,20,23,25-26H,7-8,11-12,16-17,19H2,1-4H3,(H,39,48)(H,40,44)(H,46,47)(H2,41,42,45)/t23?,25?,26-/m1/s1. The highest BCUT2D eigenvalue weighted by molar-refractivity contribution is 5.97. The number of hydrogen-bond acceptors (Lipinski definition) is 7. The smallest absolute Gasteiger partial charge is 0.407 e. The number of nitrogens with zero attached hydrogens (tertiary/aromatic N) is 1. The molecule has 5 N–H and O–H groups in total. The van der Waals surface area contributed by atoms with E-state index in [4.69, 9.17) is 4.74 Å². The SMILES string of the molecule is Cc1cc(C(=O)O)ncc1-c1ccc(C[C@H](CC(=O)C2CCC(CNC(=O)OC(C)(C)C)CC2)C(=O)Nc2ccc3c(=O)[nH][nH]c3c2)cc1. The highest BCUT2D eigenvalue weighted by Gasteiger charge is 2.31. The summed E-state index contributed by atoms with van der Waals surface area (Å²) in [6.07, 6.45) is 4.45. The second-order valence-electron chi connectivity index (χ2n) is 13.9. The van der Waals surface area contributed by atoms with Gasteiger partial charge in [-0.05, 0) is 107 Å². The van der Waals surface area contributed by atoms with Crippen LogP contribution in [0.15, 0.2) is 59.5 Å². The van der Waals surface area contributed by atoms with Gasteiger partial charge in [-0.25, -0.2) is 14.6 Å². The number of carbonyl (C=O) groups excluding carboxylic acids is 3. The molecule has 12 nitrogen and oxygen atoms in total. The number of aryl methyl sites for hydroxylation is 1. The van der Waals surface area contributed by atoms with Gasteiger partial charge in [0.25, 0.3) is 5.56 Å². The second kappa shape index (κ2) is 14.9. The first-order chi connectivity index (χ1) is 23.3. The van der Waals surface area contributed by atoms with Crippen LogP contribution in [0.2, 0.25) is 0 Å². The van der Waals surface area contributed by atoms with Crippen LogP contribution < -0.4 is 16.2 Å². The lowest BCUT2D eigenvalue weighted by molar-refractivity contribution is -0.129. The van der Waals surface area contributed by atoms with Crippen molar-refractivity contribution in [3.8, 4) is 11.1 Å². The number of pyridine rings is 1. The number of carboxylic acid groups (broad SMARTS) is 1. The predicted octanol–water partition coefficient (Wildman–Crippen LogP) is 6.01. The molecule has 2 aromatic heterocycles. The molecular formula is C37H43N5O7. The molecule has 2 heterocycles. The Hall–Kier alpha value is -5.26. The van der Waals surface area contributed by atoms with E-state index in [1.165, 1.54) is 6.07 Å². The normalized spacial score (nSPS) is 16.9. The fraction of sp³-hybridized carbons (Fsp3) is 0.405. The zero-order chi connectivity index (χ0) is 35.3. The zero-order valence-corrected chi connectivity index (χ0v) is 28.2. The number of ketones is 1. The molecule has 49 heavy (non-hydrogen) atoms. The highest BCUT2D eigenvalue weighted by atomic mass is 16.6. The summed E-state index contributed by atoms with van der Waals surface area (Å²) in [6, 6.07) is 14.1. The van der Waals surface area contributed by atoms with Crippen LogP contribution in [0, 0.1) is 24.7 Å². The van der Waals surface area contributed by atoms with Crippen molar-refractivity contribution in [2.45, 2.75) is 71.8 Å². The molecule has 0 radical (unpaired) electrons. The van der Waals surface area contributed by atoms with Gasteiger partial charge in [0, 0.05) is 42.2 Å². The van der Waals surface area contributed by atoms with Crippen molar-refractivity contribution in [1.29, 1.82) is 0 Å². The molecule has 2 amide bonds. The molecule has 258 valence electrons. The fourth-order valence-electron chi connectivity index (χ4n) is 6.34. The van der Waals surface area contributed by atoms with Gasteiger partial charge in [-0.15, -0.1) is 0 Å². The molecule has 1 atom stereocenters. The van der Waals surface area contributed by atoms with Crippen molar-refractivity contribution in [2.75, 3.05) is 11.9 Å². The Labute approximate surface area is 284 Å². The van der Waals surface area contributed by atoms with Crippen molar-refractivity contribution in [3.63, 3.8) is 0 Å². The Balaban J connectivity index is 1.26. The summed E-state index contributed by atoms with van der Waals surface area (Å²) in [4.78, 5) is 66.8. The molecule has 1 saturated carbocycles. The molecule has 1 fully saturated rings. The lowest BCUT2D eigenvalue weighted by atomic mass is 9.77. The van der Waals surface area contributed by atoms with E-state index < -0.39 is 23.6 Å². The Morgan fingerprint density at radius 2 is 1.71 bits per heavy atom. The van der Waals surface area contributed by atoms with Gasteiger partial charge < -0.3 is 20.5 Å². The molecule has 1 aliphatic rings. The highest BCUT2D eigenvalue weighted by Crippen LogP contribution is 2.32. The number of hydrogen-bond donors (Lipinski definition) is 5. The molecule has 0 unspecified atom stereocenters. The number of Topliss-reactive ketones (excluding diaryl/α,β-unsaturated/α-hetero) is 1. The van der Waals surface area contributed by atoms with Gasteiger partial charge in [0.2, 0.25) is 5.91 Å². The third kappa shape index (κ3) is 9.21. The van der Waals surface area contributed by atoms with Crippen molar-refractivity contribution in [3.05, 3.63) is 81.9 Å². The van der Waals surface area contributed by atoms with E-state index in [0.29, 0.717) is 42.4 Å². The van der Waals surface area contributed by atoms with Crippen LogP contribution in [0.25, 0.3) is 22.0 Å². The molecular weight excluding hydrogens is 626 g/mol. The summed E-state index contributed by atoms with van der Waals surface area (Å²) in [6.45, 7) is 7.77. The van der Waals surface area contributed by atoms with Crippen LogP contribution in [-0.4, -0.2) is 56.2 Å². The molecule has 12 heteroatoms. The molecule has 0 bridgehead atoms. The Morgan fingerprint density at radius 3 is 2.37 bits per heavy atom. The fourth-order valence-corrected chi connectivity index (χ4v) is 6.34. The number of nitrogens with one attached hydrogen (secondary N) is 4. The van der Waals surface area contributed by atoms with Gasteiger partial charge in [0.1, 0.15) is 17.1 Å². The summed E-state index contributed by atoms with van der Waals surface area (Å²) < 4.78 is 5.33. The molecule has 2 aromatic carbocycles. The number of carbonyl (C=O) groups is 4. The van der Waals surface area contributed by atoms with E-state index in [1.54, 1.807) is 24.4 Å². The number of fused-ring (bicyclic) bond motifs is 1. The number of amides is 2. The van der Waals surface area contributed by atoms with Crippen molar-refractivity contribution < 1.29 is 29.0 Å². The topological polar surface area (TPSA) is 183 Å². The van der Waals surface area contributed by atoms with Gasteiger partial charge in [-0.3, -0.25) is 24.6 Å². The Morgan fingerprint density at radius 1 is 1.00 bits per heavy atom. The van der Waals surface area contributed by atoms with Crippen molar-refractivity contribution >= 4 is 40.3 Å². The van der Waals surface area contributed by atoms with Crippen LogP contribution >= 0.6 is 0 Å². The maximum Gasteiger partial charge on any atom is 0.407 e. The molecule has 0 spiro atoms. The first-order valence-corrected chi connectivity index (χ1v) is 16.6. The summed E-state index contributed by atoms with van der Waals surface area (Å²) in [5.41, 5.74) is 3.52. The Bertz CT molecular complexity index is 1900. The number of aromatic amines is 2. The molecule has 0 saturated heterocycles. The average molecular weight is 670 g/mol. The molecule has 0 aliphatic heterocycles. The van der Waals surface area contributed by atoms with Crippen LogP contribution in [-0.2, 0) is 20.7 Å². The number of benzene rings is 2. The van der Waals surface area contributed by atoms with E-state index in [2.05, 4.69) is 25.8 Å². The number of H-pyrrole nitrogens is 2. The van der Waals surface area contributed by atoms with Crippen molar-refractivity contribution in [2.24, 2.45) is 17.8 Å². The lowest BCUT2D eigenvalue weighted by Gasteiger charge is -2.29. The monoisotopic (exact) mass is 669 g/mol. The number of aromatic nitrogens is 3. The average Bonchev–Trinajstić information content (AvgIpc) is 3.42. The summed E-state index contributed by atoms with van der Waals surface area (Å²) in [7, 11) is 0. The van der Waals surface area contributed by atoms with Gasteiger partial charge >= 0.3 is 12.1 Å². The number of aromatic carboxylic acids is 1.